The molecule has 0 saturated carbocycles. The lowest BCUT2D eigenvalue weighted by Gasteiger charge is -2.16. The molecule has 3 N–H and O–H groups in total. The number of aromatic nitrogens is 3. The average Bonchev–Trinajstić information content (AvgIpc) is 3.60. The minimum Gasteiger partial charge on any atom is -0.382 e. The fraction of sp³-hybridized carbons (Fsp3) is 0.800. The molecule has 0 aromatic carbocycles. The Morgan fingerprint density at radius 1 is 0.857 bits per heavy atom. The van der Waals surface area contributed by atoms with Crippen LogP contribution in [-0.4, -0.2) is 45.0 Å². The topological polar surface area (TPSA) is 104 Å². The second-order valence-electron chi connectivity index (χ2n) is 11.4. The number of anilines is 1. The predicted molar refractivity (Wildman–Crippen MR) is 160 cm³/mol. The largest absolute Gasteiger partial charge is 0.389 e. The Balaban J connectivity index is 1.06. The van der Waals surface area contributed by atoms with Crippen LogP contribution in [0.1, 0.15) is 134 Å². The minimum atomic E-state index is -4.00. The van der Waals surface area contributed by atoms with Gasteiger partial charge in [0, 0.05) is 6.42 Å². The van der Waals surface area contributed by atoms with E-state index in [1.165, 1.54) is 64.1 Å². The van der Waals surface area contributed by atoms with Crippen molar-refractivity contribution in [3.8, 4) is 0 Å². The number of unbranched alkanes of at least 4 members (excludes halogenated alkanes) is 15. The number of halogens is 3. The molecule has 42 heavy (non-hydrogen) atoms. The van der Waals surface area contributed by atoms with Gasteiger partial charge in [-0.1, -0.05) is 89.9 Å². The summed E-state index contributed by atoms with van der Waals surface area (Å²) >= 11 is 0. The Labute approximate surface area is 249 Å². The molecule has 0 spiro atoms. The Morgan fingerprint density at radius 2 is 1.43 bits per heavy atom. The average molecular weight is 619 g/mol. The molecule has 2 aromatic rings. The molecule has 3 unspecified atom stereocenters. The van der Waals surface area contributed by atoms with E-state index in [1.54, 1.807) is 4.52 Å². The molecule has 1 saturated heterocycles. The van der Waals surface area contributed by atoms with E-state index in [-0.39, 0.29) is 18.6 Å². The number of rotatable bonds is 23. The van der Waals surface area contributed by atoms with Gasteiger partial charge in [0.25, 0.3) is 0 Å². The van der Waals surface area contributed by atoms with E-state index in [2.05, 4.69) is 10.1 Å². The molecule has 12 heteroatoms. The lowest BCUT2D eigenvalue weighted by molar-refractivity contribution is -0.135. The third-order valence-corrected chi connectivity index (χ3v) is 8.65. The summed E-state index contributed by atoms with van der Waals surface area (Å²) in [6, 6.07) is 3.86. The number of fused-ring (bicyclic) bond motifs is 1. The van der Waals surface area contributed by atoms with Gasteiger partial charge in [0.2, 0.25) is 0 Å². The summed E-state index contributed by atoms with van der Waals surface area (Å²) in [6.45, 7) is 0.800. The van der Waals surface area contributed by atoms with Crippen molar-refractivity contribution in [3.05, 3.63) is 24.2 Å². The first kappa shape index (κ1) is 35.0. The van der Waals surface area contributed by atoms with Crippen molar-refractivity contribution >= 4 is 19.9 Å². The van der Waals surface area contributed by atoms with Gasteiger partial charge in [0.1, 0.15) is 17.9 Å². The monoisotopic (exact) mass is 618 g/mol. The zero-order chi connectivity index (χ0) is 30.0. The number of hydrogen-bond acceptors (Lipinski definition) is 7. The Kier molecular flexibility index (Phi) is 16.4. The first-order chi connectivity index (χ1) is 20.3. The summed E-state index contributed by atoms with van der Waals surface area (Å²) in [5.74, 6) is 0.436. The van der Waals surface area contributed by atoms with E-state index in [4.69, 9.17) is 19.5 Å². The molecule has 0 bridgehead atoms. The van der Waals surface area contributed by atoms with E-state index in [0.717, 1.165) is 56.2 Å². The van der Waals surface area contributed by atoms with Gasteiger partial charge < -0.3 is 24.4 Å². The van der Waals surface area contributed by atoms with Crippen molar-refractivity contribution in [2.45, 2.75) is 140 Å². The van der Waals surface area contributed by atoms with Gasteiger partial charge in [0.15, 0.2) is 5.82 Å². The predicted octanol–water partition coefficient (Wildman–Crippen LogP) is 8.98. The second kappa shape index (κ2) is 19.7. The van der Waals surface area contributed by atoms with Gasteiger partial charge >= 0.3 is 14.8 Å². The van der Waals surface area contributed by atoms with E-state index >= 15 is 0 Å². The van der Waals surface area contributed by atoms with Crippen molar-refractivity contribution < 1.29 is 31.8 Å². The summed E-state index contributed by atoms with van der Waals surface area (Å²) in [4.78, 5) is 14.1. The first-order valence-electron chi connectivity index (χ1n) is 15.9. The van der Waals surface area contributed by atoms with E-state index in [0.29, 0.717) is 25.5 Å². The molecule has 3 atom stereocenters. The van der Waals surface area contributed by atoms with Crippen molar-refractivity contribution in [2.75, 3.05) is 18.9 Å². The molecule has 3 heterocycles. The van der Waals surface area contributed by atoms with Gasteiger partial charge in [0.05, 0.1) is 25.0 Å². The van der Waals surface area contributed by atoms with Crippen molar-refractivity contribution in [3.63, 3.8) is 0 Å². The van der Waals surface area contributed by atoms with Crippen molar-refractivity contribution in [1.29, 1.82) is 0 Å². The van der Waals surface area contributed by atoms with Gasteiger partial charge in [-0.15, -0.1) is 0 Å². The Bertz CT molecular complexity index is 997. The van der Waals surface area contributed by atoms with Crippen LogP contribution in [0.2, 0.25) is 0 Å². The zero-order valence-electron chi connectivity index (χ0n) is 24.9. The maximum atomic E-state index is 12.1. The Hall–Kier alpha value is -1.52. The van der Waals surface area contributed by atoms with Gasteiger partial charge in [-0.05, 0) is 37.8 Å². The fourth-order valence-corrected chi connectivity index (χ4v) is 6.15. The highest BCUT2D eigenvalue weighted by atomic mass is 31.2. The molecule has 3 rings (SSSR count). The van der Waals surface area contributed by atoms with Crippen LogP contribution in [0.5, 0.6) is 0 Å². The maximum absolute atomic E-state index is 12.1. The molecule has 2 aromatic heterocycles. The summed E-state index contributed by atoms with van der Waals surface area (Å²) in [5.41, 5.74) is 7.62. The second-order valence-corrected chi connectivity index (χ2v) is 12.4. The van der Waals surface area contributed by atoms with Gasteiger partial charge in [-0.2, -0.15) is 18.3 Å². The maximum Gasteiger partial charge on any atom is 0.389 e. The van der Waals surface area contributed by atoms with Crippen LogP contribution in [0.25, 0.3) is 5.52 Å². The molecule has 1 fully saturated rings. The van der Waals surface area contributed by atoms with Crippen molar-refractivity contribution in [2.24, 2.45) is 0 Å². The lowest BCUT2D eigenvalue weighted by Crippen LogP contribution is -2.14. The molecule has 1 aliphatic heterocycles. The van der Waals surface area contributed by atoms with Crippen LogP contribution in [-0.2, 0) is 13.8 Å². The van der Waals surface area contributed by atoms with E-state index < -0.39 is 21.2 Å². The number of alkyl halides is 3. The van der Waals surface area contributed by atoms with Gasteiger partial charge in [-0.3, -0.25) is 0 Å². The highest BCUT2D eigenvalue weighted by Crippen LogP contribution is 2.38. The van der Waals surface area contributed by atoms with Crippen LogP contribution < -0.4 is 5.73 Å². The summed E-state index contributed by atoms with van der Waals surface area (Å²) in [5, 5.41) is 4.28. The fourth-order valence-electron chi connectivity index (χ4n) is 5.49. The zero-order valence-corrected chi connectivity index (χ0v) is 25.8. The summed E-state index contributed by atoms with van der Waals surface area (Å²) in [7, 11) is -1.90. The summed E-state index contributed by atoms with van der Waals surface area (Å²) < 4.78 is 55.2. The van der Waals surface area contributed by atoms with E-state index in [1.807, 2.05) is 12.1 Å². The SMILES string of the molecule is Nc1ncnn2c(C3CCC(COP(O)OCCCCCCCCCCCCCCCCCCC(F)(F)F)O3)ccc12. The number of nitrogens with zero attached hydrogens (tertiary/aromatic N) is 3. The first-order valence-corrected chi connectivity index (χ1v) is 17.0. The standard InChI is InChI=1S/C30H50F3N4O4P/c31-30(32,33)21-15-13-11-9-7-5-3-1-2-4-6-8-10-12-14-16-22-39-42(38)40-23-25-17-20-28(41-25)26-18-19-27-29(34)35-24-36-37(26)27/h18-19,24-25,28,38H,1-17,20-23H2,(H2,34,35,36). The number of nitrogens with two attached hydrogens (primary N) is 1. The minimum absolute atomic E-state index is 0.0993. The molecule has 0 radical (unpaired) electrons. The third kappa shape index (κ3) is 13.8. The lowest BCUT2D eigenvalue weighted by atomic mass is 10.0. The molecule has 240 valence electrons. The van der Waals surface area contributed by atoms with E-state index in [9.17, 15) is 18.1 Å². The highest BCUT2D eigenvalue weighted by molar-refractivity contribution is 7.40. The molecule has 1 aliphatic rings. The quantitative estimate of drug-likeness (QED) is 0.0946. The number of ether oxygens (including phenoxy) is 1. The van der Waals surface area contributed by atoms with Crippen LogP contribution in [0, 0.1) is 0 Å². The van der Waals surface area contributed by atoms with Crippen LogP contribution in [0.3, 0.4) is 0 Å². The normalized spacial score (nSPS) is 18.3. The number of nitrogen functional groups attached to an aromatic ring is 1. The summed E-state index contributed by atoms with van der Waals surface area (Å²) in [6.07, 6.45) is 15.6. The van der Waals surface area contributed by atoms with Crippen LogP contribution in [0.15, 0.2) is 18.5 Å². The Morgan fingerprint density at radius 3 is 2.02 bits per heavy atom. The number of hydrogen-bond donors (Lipinski definition) is 2. The molecule has 8 nitrogen and oxygen atoms in total. The van der Waals surface area contributed by atoms with Crippen molar-refractivity contribution in [1.82, 2.24) is 14.6 Å². The molecular formula is C30H50F3N4O4P. The third-order valence-electron chi connectivity index (χ3n) is 7.88. The highest BCUT2D eigenvalue weighted by Gasteiger charge is 2.30. The smallest absolute Gasteiger partial charge is 0.382 e. The van der Waals surface area contributed by atoms with Gasteiger partial charge in [-0.25, -0.2) is 9.50 Å². The molecular weight excluding hydrogens is 568 g/mol. The van der Waals surface area contributed by atoms with Crippen LogP contribution in [0.4, 0.5) is 19.0 Å². The van der Waals surface area contributed by atoms with Crippen LogP contribution >= 0.6 is 8.60 Å². The molecule has 0 aliphatic carbocycles. The molecule has 0 amide bonds.